The van der Waals surface area contributed by atoms with E-state index >= 15 is 0 Å². The smallest absolute Gasteiger partial charge is 0.150 e. The van der Waals surface area contributed by atoms with Gasteiger partial charge in [-0.15, -0.1) is 0 Å². The van der Waals surface area contributed by atoms with Gasteiger partial charge in [-0.05, 0) is 24.3 Å². The number of nitrogens with two attached hydrogens (primary N) is 1. The van der Waals surface area contributed by atoms with Crippen molar-refractivity contribution in [2.45, 2.75) is 0 Å². The zero-order chi connectivity index (χ0) is 8.97. The average Bonchev–Trinajstić information content (AvgIpc) is 2.17. The zero-order valence-corrected chi connectivity index (χ0v) is 6.70. The van der Waals surface area contributed by atoms with E-state index in [0.717, 1.165) is 5.75 Å². The van der Waals surface area contributed by atoms with Gasteiger partial charge in [0.25, 0.3) is 0 Å². The predicted molar refractivity (Wildman–Crippen MR) is 46.3 cm³/mol. The Morgan fingerprint density at radius 1 is 1.42 bits per heavy atom. The van der Waals surface area contributed by atoms with Gasteiger partial charge >= 0.3 is 0 Å². The van der Waals surface area contributed by atoms with Crippen LogP contribution in [0, 0.1) is 0 Å². The second-order valence-electron chi connectivity index (χ2n) is 2.24. The molecule has 0 aliphatic carbocycles. The van der Waals surface area contributed by atoms with E-state index in [1.807, 2.05) is 0 Å². The van der Waals surface area contributed by atoms with E-state index in [-0.39, 0.29) is 5.70 Å². The molecule has 0 aliphatic heterocycles. The van der Waals surface area contributed by atoms with Crippen LogP contribution in [-0.4, -0.2) is 13.1 Å². The van der Waals surface area contributed by atoms with Crippen molar-refractivity contribution in [3.8, 4) is 5.75 Å². The van der Waals surface area contributed by atoms with Gasteiger partial charge in [0.15, 0.2) is 5.94 Å². The molecule has 0 saturated carbocycles. The van der Waals surface area contributed by atoms with Gasteiger partial charge < -0.3 is 10.5 Å². The van der Waals surface area contributed by atoms with Gasteiger partial charge in [-0.2, -0.15) is 0 Å². The minimum atomic E-state index is 0.109. The maximum atomic E-state index is 10.1. The van der Waals surface area contributed by atoms with Crippen molar-refractivity contribution in [3.05, 3.63) is 29.8 Å². The van der Waals surface area contributed by atoms with Gasteiger partial charge in [-0.1, -0.05) is 0 Å². The minimum Gasteiger partial charge on any atom is -0.497 e. The number of rotatable bonds is 2. The molecule has 0 atom stereocenters. The number of ether oxygens (including phenoxy) is 1. The van der Waals surface area contributed by atoms with Crippen molar-refractivity contribution in [1.82, 2.24) is 0 Å². The van der Waals surface area contributed by atoms with Gasteiger partial charge in [0.05, 0.1) is 7.11 Å². The monoisotopic (exact) mass is 163 g/mol. The van der Waals surface area contributed by atoms with Crippen molar-refractivity contribution in [1.29, 1.82) is 0 Å². The number of hydrogen-bond donors (Lipinski definition) is 1. The fraction of sp³-hybridized carbons (Fsp3) is 0.111. The summed E-state index contributed by atoms with van der Waals surface area (Å²) in [4.78, 5) is 10.1. The van der Waals surface area contributed by atoms with Gasteiger partial charge in [0, 0.05) is 5.56 Å². The van der Waals surface area contributed by atoms with Crippen LogP contribution in [0.25, 0.3) is 5.70 Å². The normalized spacial score (nSPS) is 8.75. The molecule has 0 radical (unpaired) electrons. The largest absolute Gasteiger partial charge is 0.497 e. The lowest BCUT2D eigenvalue weighted by Gasteiger charge is -2.00. The van der Waals surface area contributed by atoms with Crippen LogP contribution in [0.2, 0.25) is 0 Å². The van der Waals surface area contributed by atoms with E-state index in [0.29, 0.717) is 5.56 Å². The van der Waals surface area contributed by atoms with Crippen molar-refractivity contribution in [2.75, 3.05) is 7.11 Å². The van der Waals surface area contributed by atoms with E-state index < -0.39 is 0 Å². The Hall–Kier alpha value is -1.73. The van der Waals surface area contributed by atoms with E-state index in [9.17, 15) is 4.79 Å². The molecule has 3 nitrogen and oxygen atoms in total. The van der Waals surface area contributed by atoms with Gasteiger partial charge in [0.1, 0.15) is 11.4 Å². The molecule has 2 N–H and O–H groups in total. The van der Waals surface area contributed by atoms with Crippen molar-refractivity contribution >= 4 is 11.6 Å². The van der Waals surface area contributed by atoms with E-state index in [1.54, 1.807) is 37.3 Å². The molecule has 0 fully saturated rings. The summed E-state index contributed by atoms with van der Waals surface area (Å²) >= 11 is 0. The van der Waals surface area contributed by atoms with Crippen LogP contribution in [-0.2, 0) is 4.79 Å². The Balaban J connectivity index is 3.00. The number of methoxy groups -OCH3 is 1. The van der Waals surface area contributed by atoms with E-state index in [2.05, 4.69) is 0 Å². The van der Waals surface area contributed by atoms with Crippen LogP contribution in [0.4, 0.5) is 0 Å². The number of carbonyl (C=O) groups excluding carboxylic acids is 1. The predicted octanol–water partition coefficient (Wildman–Crippen LogP) is 0.826. The highest BCUT2D eigenvalue weighted by Gasteiger charge is 1.96. The number of hydrogen-bond acceptors (Lipinski definition) is 3. The van der Waals surface area contributed by atoms with Crippen molar-refractivity contribution in [3.63, 3.8) is 0 Å². The Labute approximate surface area is 70.5 Å². The third-order valence-electron chi connectivity index (χ3n) is 1.51. The first-order chi connectivity index (χ1) is 5.77. The molecule has 0 bridgehead atoms. The molecular weight excluding hydrogens is 154 g/mol. The quantitative estimate of drug-likeness (QED) is 0.657. The molecule has 1 aromatic carbocycles. The average molecular weight is 163 g/mol. The summed E-state index contributed by atoms with van der Waals surface area (Å²) in [5.41, 5.74) is 6.11. The SMILES string of the molecule is COc1ccc(C(N)=C=O)cc1. The highest BCUT2D eigenvalue weighted by molar-refractivity contribution is 5.85. The summed E-state index contributed by atoms with van der Waals surface area (Å²) in [5.74, 6) is 2.36. The molecule has 0 spiro atoms. The molecule has 62 valence electrons. The summed E-state index contributed by atoms with van der Waals surface area (Å²) in [6.45, 7) is 0. The maximum absolute atomic E-state index is 10.1. The summed E-state index contributed by atoms with van der Waals surface area (Å²) in [7, 11) is 1.58. The molecule has 3 heteroatoms. The fourth-order valence-corrected chi connectivity index (χ4v) is 0.830. The van der Waals surface area contributed by atoms with Crippen LogP contribution in [0.5, 0.6) is 5.75 Å². The first-order valence-corrected chi connectivity index (χ1v) is 3.43. The first-order valence-electron chi connectivity index (χ1n) is 3.43. The summed E-state index contributed by atoms with van der Waals surface area (Å²) in [5, 5.41) is 0. The lowest BCUT2D eigenvalue weighted by Crippen LogP contribution is -1.96. The van der Waals surface area contributed by atoms with Crippen molar-refractivity contribution < 1.29 is 9.53 Å². The van der Waals surface area contributed by atoms with E-state index in [4.69, 9.17) is 10.5 Å². The molecule has 0 heterocycles. The van der Waals surface area contributed by atoms with Gasteiger partial charge in [-0.3, -0.25) is 0 Å². The standard InChI is InChI=1S/C9H9NO2/c1-12-8-4-2-7(3-5-8)9(10)6-11/h2-5H,10H2,1H3. The lowest BCUT2D eigenvalue weighted by molar-refractivity contribution is 0.415. The Kier molecular flexibility index (Phi) is 2.51. The van der Waals surface area contributed by atoms with Crippen LogP contribution in [0.15, 0.2) is 24.3 Å². The Morgan fingerprint density at radius 3 is 2.42 bits per heavy atom. The van der Waals surface area contributed by atoms with Gasteiger partial charge in [0.2, 0.25) is 0 Å². The second kappa shape index (κ2) is 3.60. The van der Waals surface area contributed by atoms with Gasteiger partial charge in [-0.25, -0.2) is 4.79 Å². The molecule has 1 rings (SSSR count). The minimum absolute atomic E-state index is 0.109. The lowest BCUT2D eigenvalue weighted by atomic mass is 10.2. The first kappa shape index (κ1) is 8.37. The van der Waals surface area contributed by atoms with Crippen molar-refractivity contribution in [2.24, 2.45) is 5.73 Å². The third-order valence-corrected chi connectivity index (χ3v) is 1.51. The van der Waals surface area contributed by atoms with Crippen LogP contribution >= 0.6 is 0 Å². The summed E-state index contributed by atoms with van der Waals surface area (Å²) in [6.07, 6.45) is 0. The van der Waals surface area contributed by atoms with Crippen LogP contribution in [0.1, 0.15) is 5.56 Å². The highest BCUT2D eigenvalue weighted by atomic mass is 16.5. The highest BCUT2D eigenvalue weighted by Crippen LogP contribution is 2.13. The topological polar surface area (TPSA) is 52.3 Å². The summed E-state index contributed by atoms with van der Waals surface area (Å²) < 4.78 is 4.93. The second-order valence-corrected chi connectivity index (χ2v) is 2.24. The number of benzene rings is 1. The fourth-order valence-electron chi connectivity index (χ4n) is 0.830. The maximum Gasteiger partial charge on any atom is 0.150 e. The molecular formula is C9H9NO2. The van der Waals surface area contributed by atoms with Crippen LogP contribution < -0.4 is 10.5 Å². The molecule has 0 amide bonds. The zero-order valence-electron chi connectivity index (χ0n) is 6.70. The third kappa shape index (κ3) is 1.65. The summed E-state index contributed by atoms with van der Waals surface area (Å²) in [6, 6.07) is 6.89. The molecule has 0 saturated heterocycles. The molecule has 0 aliphatic rings. The molecule has 1 aromatic rings. The van der Waals surface area contributed by atoms with E-state index in [1.165, 1.54) is 0 Å². The molecule has 12 heavy (non-hydrogen) atoms. The van der Waals surface area contributed by atoms with Crippen LogP contribution in [0.3, 0.4) is 0 Å². The molecule has 0 aromatic heterocycles. The Bertz CT molecular complexity index is 310. The Morgan fingerprint density at radius 2 is 2.00 bits per heavy atom. The molecule has 0 unspecified atom stereocenters.